The van der Waals surface area contributed by atoms with Crippen LogP contribution in [-0.4, -0.2) is 27.4 Å². The number of aryl methyl sites for hydroxylation is 2. The molecule has 2 heterocycles. The molecule has 1 amide bonds. The molecule has 0 N–H and O–H groups in total. The van der Waals surface area contributed by atoms with Crippen LogP contribution in [0.4, 0.5) is 0 Å². The summed E-state index contributed by atoms with van der Waals surface area (Å²) >= 11 is 1.58. The molecule has 0 fully saturated rings. The summed E-state index contributed by atoms with van der Waals surface area (Å²) in [6.45, 7) is 4.03. The topological polar surface area (TPSA) is 38.1 Å². The van der Waals surface area contributed by atoms with Crippen molar-refractivity contribution in [2.75, 3.05) is 7.05 Å². The second kappa shape index (κ2) is 6.72. The molecule has 2 aromatic heterocycles. The van der Waals surface area contributed by atoms with Crippen LogP contribution in [0.2, 0.25) is 0 Å². The molecule has 26 heavy (non-hydrogen) atoms. The lowest BCUT2D eigenvalue weighted by Crippen LogP contribution is -2.33. The average Bonchev–Trinajstić information content (AvgIpc) is 3.27. The number of carbonyl (C=O) groups is 1. The SMILES string of the molecule is Cc1cc(C(=O)N(C)C2CCCc3ccccc32)c(C)n1-c1nccs1. The summed E-state index contributed by atoms with van der Waals surface area (Å²) in [6, 6.07) is 10.7. The van der Waals surface area contributed by atoms with E-state index in [9.17, 15) is 4.79 Å². The Morgan fingerprint density at radius 3 is 2.88 bits per heavy atom. The Hall–Kier alpha value is -2.40. The molecule has 1 aliphatic carbocycles. The molecule has 0 bridgehead atoms. The molecule has 0 saturated heterocycles. The highest BCUT2D eigenvalue weighted by atomic mass is 32.1. The summed E-state index contributed by atoms with van der Waals surface area (Å²) in [5.41, 5.74) is 5.43. The predicted octanol–water partition coefficient (Wildman–Crippen LogP) is 4.70. The van der Waals surface area contributed by atoms with E-state index in [2.05, 4.69) is 33.8 Å². The number of thiazole rings is 1. The zero-order valence-corrected chi connectivity index (χ0v) is 16.2. The smallest absolute Gasteiger partial charge is 0.255 e. The lowest BCUT2D eigenvalue weighted by atomic mass is 9.87. The first-order valence-corrected chi connectivity index (χ1v) is 9.89. The van der Waals surface area contributed by atoms with Crippen molar-refractivity contribution in [1.29, 1.82) is 0 Å². The van der Waals surface area contributed by atoms with E-state index < -0.39 is 0 Å². The van der Waals surface area contributed by atoms with Crippen molar-refractivity contribution in [2.24, 2.45) is 0 Å². The highest BCUT2D eigenvalue weighted by Gasteiger charge is 2.29. The van der Waals surface area contributed by atoms with Gasteiger partial charge in [-0.15, -0.1) is 11.3 Å². The first-order valence-electron chi connectivity index (χ1n) is 9.01. The number of benzene rings is 1. The van der Waals surface area contributed by atoms with Crippen molar-refractivity contribution in [2.45, 2.75) is 39.2 Å². The third-order valence-corrected chi connectivity index (χ3v) is 6.15. The van der Waals surface area contributed by atoms with Gasteiger partial charge >= 0.3 is 0 Å². The number of hydrogen-bond acceptors (Lipinski definition) is 3. The largest absolute Gasteiger partial charge is 0.335 e. The summed E-state index contributed by atoms with van der Waals surface area (Å²) in [6.07, 6.45) is 5.04. The molecule has 1 unspecified atom stereocenters. The molecule has 0 radical (unpaired) electrons. The zero-order valence-electron chi connectivity index (χ0n) is 15.4. The normalized spacial score (nSPS) is 16.3. The van der Waals surface area contributed by atoms with Crippen LogP contribution in [0, 0.1) is 13.8 Å². The molecule has 134 valence electrons. The van der Waals surface area contributed by atoms with E-state index in [-0.39, 0.29) is 11.9 Å². The number of fused-ring (bicyclic) bond motifs is 1. The molecule has 5 heteroatoms. The first-order chi connectivity index (χ1) is 12.6. The summed E-state index contributed by atoms with van der Waals surface area (Å²) in [4.78, 5) is 19.6. The van der Waals surface area contributed by atoms with E-state index in [0.717, 1.165) is 41.3 Å². The number of carbonyl (C=O) groups excluding carboxylic acids is 1. The van der Waals surface area contributed by atoms with Crippen LogP contribution in [0.3, 0.4) is 0 Å². The average molecular weight is 366 g/mol. The third kappa shape index (κ3) is 2.76. The van der Waals surface area contributed by atoms with Gasteiger partial charge in [0.25, 0.3) is 5.91 Å². The Morgan fingerprint density at radius 2 is 2.12 bits per heavy atom. The molecule has 0 saturated carbocycles. The van der Waals surface area contributed by atoms with Crippen molar-refractivity contribution in [3.63, 3.8) is 0 Å². The van der Waals surface area contributed by atoms with E-state index in [0.29, 0.717) is 0 Å². The van der Waals surface area contributed by atoms with Gasteiger partial charge in [0.2, 0.25) is 0 Å². The molecular formula is C21H23N3OS. The van der Waals surface area contributed by atoms with Gasteiger partial charge in [0, 0.05) is 30.0 Å². The number of rotatable bonds is 3. The maximum absolute atomic E-state index is 13.3. The maximum Gasteiger partial charge on any atom is 0.255 e. The maximum atomic E-state index is 13.3. The summed E-state index contributed by atoms with van der Waals surface area (Å²) in [5, 5.41) is 2.87. The third-order valence-electron chi connectivity index (χ3n) is 5.40. The molecular weight excluding hydrogens is 342 g/mol. The van der Waals surface area contributed by atoms with E-state index in [4.69, 9.17) is 0 Å². The number of aromatic nitrogens is 2. The zero-order chi connectivity index (χ0) is 18.3. The van der Waals surface area contributed by atoms with Gasteiger partial charge in [-0.05, 0) is 50.3 Å². The van der Waals surface area contributed by atoms with Crippen molar-refractivity contribution in [3.8, 4) is 5.13 Å². The van der Waals surface area contributed by atoms with Crippen LogP contribution in [0.1, 0.15) is 51.8 Å². The van der Waals surface area contributed by atoms with Gasteiger partial charge < -0.3 is 4.90 Å². The minimum Gasteiger partial charge on any atom is -0.335 e. The van der Waals surface area contributed by atoms with Crippen LogP contribution in [0.15, 0.2) is 41.9 Å². The Balaban J connectivity index is 1.68. The number of hydrogen-bond donors (Lipinski definition) is 0. The molecule has 1 atom stereocenters. The van der Waals surface area contributed by atoms with Crippen LogP contribution in [-0.2, 0) is 6.42 Å². The van der Waals surface area contributed by atoms with E-state index in [1.807, 2.05) is 37.2 Å². The molecule has 1 aromatic carbocycles. The summed E-state index contributed by atoms with van der Waals surface area (Å²) in [5.74, 6) is 0.0857. The molecule has 4 rings (SSSR count). The molecule has 0 aliphatic heterocycles. The molecule has 4 nitrogen and oxygen atoms in total. The van der Waals surface area contributed by atoms with Gasteiger partial charge in [0.15, 0.2) is 5.13 Å². The molecule has 3 aromatic rings. The van der Waals surface area contributed by atoms with Gasteiger partial charge in [0.1, 0.15) is 0 Å². The molecule has 0 spiro atoms. The fourth-order valence-electron chi connectivity index (χ4n) is 4.06. The molecule has 1 aliphatic rings. The standard InChI is InChI=1S/C21H23N3OS/c1-14-13-18(15(2)24(14)21-22-11-12-26-21)20(25)23(3)19-10-6-8-16-7-4-5-9-17(16)19/h4-5,7,9,11-13,19H,6,8,10H2,1-3H3. The van der Waals surface area contributed by atoms with Crippen LogP contribution < -0.4 is 0 Å². The van der Waals surface area contributed by atoms with Gasteiger partial charge in [-0.3, -0.25) is 9.36 Å². The van der Waals surface area contributed by atoms with Gasteiger partial charge in [-0.1, -0.05) is 24.3 Å². The highest BCUT2D eigenvalue weighted by molar-refractivity contribution is 7.12. The Bertz CT molecular complexity index is 942. The van der Waals surface area contributed by atoms with Crippen LogP contribution >= 0.6 is 11.3 Å². The minimum atomic E-state index is 0.0857. The summed E-state index contributed by atoms with van der Waals surface area (Å²) in [7, 11) is 1.94. The highest BCUT2D eigenvalue weighted by Crippen LogP contribution is 2.35. The van der Waals surface area contributed by atoms with Crippen molar-refractivity contribution in [1.82, 2.24) is 14.5 Å². The van der Waals surface area contributed by atoms with Gasteiger partial charge in [-0.25, -0.2) is 4.98 Å². The van der Waals surface area contributed by atoms with Crippen LogP contribution in [0.5, 0.6) is 0 Å². The minimum absolute atomic E-state index is 0.0857. The number of amides is 1. The Kier molecular flexibility index (Phi) is 4.41. The monoisotopic (exact) mass is 365 g/mol. The quantitative estimate of drug-likeness (QED) is 0.675. The fourth-order valence-corrected chi connectivity index (χ4v) is 4.81. The predicted molar refractivity (Wildman–Crippen MR) is 105 cm³/mol. The van der Waals surface area contributed by atoms with Crippen molar-refractivity contribution < 1.29 is 4.79 Å². The van der Waals surface area contributed by atoms with E-state index in [1.165, 1.54) is 11.1 Å². The Labute approximate surface area is 158 Å². The fraction of sp³-hybridized carbons (Fsp3) is 0.333. The van der Waals surface area contributed by atoms with Crippen molar-refractivity contribution >= 4 is 17.2 Å². The van der Waals surface area contributed by atoms with E-state index in [1.54, 1.807) is 17.5 Å². The Morgan fingerprint density at radius 1 is 1.31 bits per heavy atom. The van der Waals surface area contributed by atoms with Gasteiger partial charge in [0.05, 0.1) is 11.6 Å². The van der Waals surface area contributed by atoms with Gasteiger partial charge in [-0.2, -0.15) is 0 Å². The number of nitrogens with zero attached hydrogens (tertiary/aromatic N) is 3. The summed E-state index contributed by atoms with van der Waals surface area (Å²) < 4.78 is 2.07. The van der Waals surface area contributed by atoms with Crippen LogP contribution in [0.25, 0.3) is 5.13 Å². The lowest BCUT2D eigenvalue weighted by Gasteiger charge is -2.33. The van der Waals surface area contributed by atoms with E-state index >= 15 is 0 Å². The lowest BCUT2D eigenvalue weighted by molar-refractivity contribution is 0.0714. The first kappa shape index (κ1) is 17.0. The van der Waals surface area contributed by atoms with Crippen molar-refractivity contribution in [3.05, 3.63) is 70.0 Å². The second-order valence-corrected chi connectivity index (χ2v) is 7.83. The second-order valence-electron chi connectivity index (χ2n) is 6.96.